The summed E-state index contributed by atoms with van der Waals surface area (Å²) in [5.41, 5.74) is 1.27. The molecule has 0 aliphatic heterocycles. The molecule has 0 bridgehead atoms. The molecule has 1 aromatic heterocycles. The van der Waals surface area contributed by atoms with E-state index in [9.17, 15) is 0 Å². The number of nitrogens with zero attached hydrogens (tertiary/aromatic N) is 2. The largest absolute Gasteiger partial charge is 0.314 e. The van der Waals surface area contributed by atoms with Crippen LogP contribution in [-0.2, 0) is 6.42 Å². The van der Waals surface area contributed by atoms with Crippen LogP contribution in [0.4, 0.5) is 0 Å². The van der Waals surface area contributed by atoms with Gasteiger partial charge in [0.05, 0.1) is 11.7 Å². The lowest BCUT2D eigenvalue weighted by Gasteiger charge is -2.14. The molecule has 1 unspecified atom stereocenters. The van der Waals surface area contributed by atoms with E-state index in [1.54, 1.807) is 0 Å². The second-order valence-corrected chi connectivity index (χ2v) is 6.43. The van der Waals surface area contributed by atoms with Crippen molar-refractivity contribution in [3.05, 3.63) is 18.0 Å². The fraction of sp³-hybridized carbons (Fsp3) is 0.812. The van der Waals surface area contributed by atoms with Gasteiger partial charge in [-0.2, -0.15) is 5.10 Å². The van der Waals surface area contributed by atoms with Gasteiger partial charge in [-0.3, -0.25) is 4.68 Å². The van der Waals surface area contributed by atoms with Crippen molar-refractivity contribution in [3.8, 4) is 0 Å². The molecule has 1 fully saturated rings. The number of nitrogens with one attached hydrogen (secondary N) is 1. The number of hydrogen-bond acceptors (Lipinski definition) is 2. The molecule has 3 nitrogen and oxygen atoms in total. The number of aryl methyl sites for hydroxylation is 1. The monoisotopic (exact) mass is 263 g/mol. The highest BCUT2D eigenvalue weighted by atomic mass is 15.3. The van der Waals surface area contributed by atoms with Crippen molar-refractivity contribution < 1.29 is 0 Å². The van der Waals surface area contributed by atoms with Gasteiger partial charge in [-0.05, 0) is 44.2 Å². The average Bonchev–Trinajstić information content (AvgIpc) is 3.03. The molecule has 19 heavy (non-hydrogen) atoms. The SMILES string of the molecule is CC(CCc1ccn(C2CCCC2)n1)CNC(C)C. The fourth-order valence-electron chi connectivity index (χ4n) is 2.82. The maximum atomic E-state index is 4.76. The second-order valence-electron chi connectivity index (χ2n) is 6.43. The van der Waals surface area contributed by atoms with Crippen LogP contribution in [0.15, 0.2) is 12.3 Å². The van der Waals surface area contributed by atoms with Gasteiger partial charge in [-0.25, -0.2) is 0 Å². The smallest absolute Gasteiger partial charge is 0.0624 e. The topological polar surface area (TPSA) is 29.9 Å². The molecule has 3 heteroatoms. The van der Waals surface area contributed by atoms with E-state index in [0.29, 0.717) is 12.1 Å². The van der Waals surface area contributed by atoms with Gasteiger partial charge in [0, 0.05) is 12.2 Å². The Kier molecular flexibility index (Phi) is 5.44. The van der Waals surface area contributed by atoms with Crippen LogP contribution in [0.25, 0.3) is 0 Å². The summed E-state index contributed by atoms with van der Waals surface area (Å²) in [5, 5.41) is 8.26. The predicted octanol–water partition coefficient (Wildman–Crippen LogP) is 3.56. The third kappa shape index (κ3) is 4.64. The van der Waals surface area contributed by atoms with Crippen molar-refractivity contribution in [1.82, 2.24) is 15.1 Å². The lowest BCUT2D eigenvalue weighted by molar-refractivity contribution is 0.442. The van der Waals surface area contributed by atoms with Gasteiger partial charge in [0.25, 0.3) is 0 Å². The Bertz CT molecular complexity index is 364. The first kappa shape index (κ1) is 14.6. The van der Waals surface area contributed by atoms with Crippen molar-refractivity contribution in [2.45, 2.75) is 71.4 Å². The van der Waals surface area contributed by atoms with Crippen molar-refractivity contribution in [1.29, 1.82) is 0 Å². The summed E-state index contributed by atoms with van der Waals surface area (Å²) in [6.45, 7) is 7.84. The number of rotatable bonds is 7. The van der Waals surface area contributed by atoms with E-state index in [4.69, 9.17) is 5.10 Å². The molecule has 108 valence electrons. The molecule has 1 heterocycles. The second kappa shape index (κ2) is 7.09. The van der Waals surface area contributed by atoms with Crippen molar-refractivity contribution in [2.75, 3.05) is 6.54 Å². The maximum absolute atomic E-state index is 4.76. The Morgan fingerprint density at radius 2 is 2.05 bits per heavy atom. The van der Waals surface area contributed by atoms with E-state index in [2.05, 4.69) is 43.0 Å². The molecule has 0 saturated heterocycles. The molecule has 0 radical (unpaired) electrons. The lowest BCUT2D eigenvalue weighted by Crippen LogP contribution is -2.28. The Morgan fingerprint density at radius 1 is 1.32 bits per heavy atom. The highest BCUT2D eigenvalue weighted by Gasteiger charge is 2.17. The molecule has 1 atom stereocenters. The summed E-state index contributed by atoms with van der Waals surface area (Å²) in [4.78, 5) is 0. The summed E-state index contributed by atoms with van der Waals surface area (Å²) < 4.78 is 2.21. The summed E-state index contributed by atoms with van der Waals surface area (Å²) in [7, 11) is 0. The van der Waals surface area contributed by atoms with E-state index in [1.165, 1.54) is 37.8 Å². The Morgan fingerprint density at radius 3 is 2.74 bits per heavy atom. The summed E-state index contributed by atoms with van der Waals surface area (Å²) >= 11 is 0. The molecule has 0 amide bonds. The first-order valence-corrected chi connectivity index (χ1v) is 7.92. The van der Waals surface area contributed by atoms with Crippen LogP contribution in [0.3, 0.4) is 0 Å². The number of hydrogen-bond donors (Lipinski definition) is 1. The van der Waals surface area contributed by atoms with Gasteiger partial charge >= 0.3 is 0 Å². The molecule has 1 aliphatic rings. The third-order valence-corrected chi connectivity index (χ3v) is 4.13. The van der Waals surface area contributed by atoms with E-state index in [-0.39, 0.29) is 0 Å². The third-order valence-electron chi connectivity index (χ3n) is 4.13. The minimum atomic E-state index is 0.587. The lowest BCUT2D eigenvalue weighted by atomic mass is 10.0. The summed E-state index contributed by atoms with van der Waals surface area (Å²) in [6, 6.07) is 3.47. The zero-order valence-corrected chi connectivity index (χ0v) is 12.7. The van der Waals surface area contributed by atoms with Crippen LogP contribution in [0.5, 0.6) is 0 Å². The molecule has 1 aromatic rings. The zero-order valence-electron chi connectivity index (χ0n) is 12.7. The first-order valence-electron chi connectivity index (χ1n) is 7.92. The number of aromatic nitrogens is 2. The normalized spacial score (nSPS) is 18.3. The van der Waals surface area contributed by atoms with Crippen molar-refractivity contribution in [2.24, 2.45) is 5.92 Å². The molecule has 1 saturated carbocycles. The van der Waals surface area contributed by atoms with Crippen LogP contribution in [-0.4, -0.2) is 22.4 Å². The highest BCUT2D eigenvalue weighted by molar-refractivity contribution is 5.00. The Hall–Kier alpha value is -0.830. The van der Waals surface area contributed by atoms with Crippen LogP contribution >= 0.6 is 0 Å². The van der Waals surface area contributed by atoms with Gasteiger partial charge in [-0.1, -0.05) is 33.6 Å². The molecule has 2 rings (SSSR count). The van der Waals surface area contributed by atoms with Gasteiger partial charge in [0.1, 0.15) is 0 Å². The van der Waals surface area contributed by atoms with Gasteiger partial charge in [0.2, 0.25) is 0 Å². The predicted molar refractivity (Wildman–Crippen MR) is 80.4 cm³/mol. The summed E-state index contributed by atoms with van der Waals surface area (Å²) in [6.07, 6.45) is 9.89. The minimum absolute atomic E-state index is 0.587. The van der Waals surface area contributed by atoms with Crippen LogP contribution < -0.4 is 5.32 Å². The molecule has 1 N–H and O–H groups in total. The molecule has 0 aromatic carbocycles. The van der Waals surface area contributed by atoms with Crippen LogP contribution in [0, 0.1) is 5.92 Å². The molecule has 1 aliphatic carbocycles. The Balaban J connectivity index is 1.73. The van der Waals surface area contributed by atoms with E-state index >= 15 is 0 Å². The Labute approximate surface area is 117 Å². The zero-order chi connectivity index (χ0) is 13.7. The van der Waals surface area contributed by atoms with Crippen LogP contribution in [0.2, 0.25) is 0 Å². The van der Waals surface area contributed by atoms with Crippen LogP contribution in [0.1, 0.15) is 64.6 Å². The fourth-order valence-corrected chi connectivity index (χ4v) is 2.82. The summed E-state index contributed by atoms with van der Waals surface area (Å²) in [5.74, 6) is 0.721. The molecule has 0 spiro atoms. The average molecular weight is 263 g/mol. The molecular formula is C16H29N3. The van der Waals surface area contributed by atoms with Gasteiger partial charge in [0.15, 0.2) is 0 Å². The quantitative estimate of drug-likeness (QED) is 0.815. The molecular weight excluding hydrogens is 234 g/mol. The maximum Gasteiger partial charge on any atom is 0.0624 e. The van der Waals surface area contributed by atoms with Gasteiger partial charge < -0.3 is 5.32 Å². The van der Waals surface area contributed by atoms with Crippen molar-refractivity contribution in [3.63, 3.8) is 0 Å². The minimum Gasteiger partial charge on any atom is -0.314 e. The van der Waals surface area contributed by atoms with E-state index in [1.807, 2.05) is 0 Å². The van der Waals surface area contributed by atoms with E-state index < -0.39 is 0 Å². The van der Waals surface area contributed by atoms with Crippen molar-refractivity contribution >= 4 is 0 Å². The highest BCUT2D eigenvalue weighted by Crippen LogP contribution is 2.28. The first-order chi connectivity index (χ1) is 9.15. The standard InChI is InChI=1S/C16H29N3/c1-13(2)17-12-14(3)8-9-15-10-11-19(18-15)16-6-4-5-7-16/h10-11,13-14,16-17H,4-9,12H2,1-3H3. The van der Waals surface area contributed by atoms with Gasteiger partial charge in [-0.15, -0.1) is 0 Å². The van der Waals surface area contributed by atoms with E-state index in [0.717, 1.165) is 18.9 Å².